The van der Waals surface area contributed by atoms with Gasteiger partial charge in [0, 0.05) is 25.8 Å². The van der Waals surface area contributed by atoms with Crippen LogP contribution in [0.15, 0.2) is 39.4 Å². The van der Waals surface area contributed by atoms with Crippen molar-refractivity contribution in [1.29, 1.82) is 0 Å². The number of rotatable bonds is 4. The number of amides is 1. The molecule has 1 fully saturated rings. The van der Waals surface area contributed by atoms with E-state index in [0.29, 0.717) is 9.13 Å². The van der Waals surface area contributed by atoms with E-state index in [1.807, 2.05) is 28.7 Å². The van der Waals surface area contributed by atoms with Crippen LogP contribution in [0.4, 0.5) is 5.69 Å². The molecule has 0 aliphatic carbocycles. The lowest BCUT2D eigenvalue weighted by Gasteiger charge is -2.02. The lowest BCUT2D eigenvalue weighted by molar-refractivity contribution is -0.384. The van der Waals surface area contributed by atoms with Crippen molar-refractivity contribution in [2.24, 2.45) is 10.2 Å². The van der Waals surface area contributed by atoms with Gasteiger partial charge in [0.1, 0.15) is 10.8 Å². The number of hydrogen-bond acceptors (Lipinski definition) is 7. The van der Waals surface area contributed by atoms with Crippen LogP contribution in [0.2, 0.25) is 10.0 Å². The van der Waals surface area contributed by atoms with Crippen LogP contribution in [0.5, 0.6) is 5.75 Å². The minimum Gasteiger partial charge on any atom is -0.506 e. The number of nitrogens with zero attached hydrogens (tertiary/aromatic N) is 3. The lowest BCUT2D eigenvalue weighted by atomic mass is 10.2. The number of nitro benzene ring substituents is 1. The average Bonchev–Trinajstić information content (AvgIpc) is 3.00. The second-order valence-electron chi connectivity index (χ2n) is 5.62. The van der Waals surface area contributed by atoms with Crippen LogP contribution in [-0.4, -0.2) is 27.3 Å². The molecule has 1 saturated heterocycles. The highest BCUT2D eigenvalue weighted by Crippen LogP contribution is 2.34. The van der Waals surface area contributed by atoms with Crippen LogP contribution in [0.3, 0.4) is 0 Å². The van der Waals surface area contributed by atoms with Gasteiger partial charge in [0.05, 0.1) is 19.6 Å². The Morgan fingerprint density at radius 1 is 1.17 bits per heavy atom. The second kappa shape index (κ2) is 9.80. The molecule has 1 heterocycles. The third kappa shape index (κ3) is 5.43. The summed E-state index contributed by atoms with van der Waals surface area (Å²) < 4.78 is 1.60. The monoisotopic (exact) mass is 688 g/mol. The number of benzene rings is 2. The van der Waals surface area contributed by atoms with Crippen LogP contribution in [-0.2, 0) is 4.79 Å². The van der Waals surface area contributed by atoms with Crippen molar-refractivity contribution in [2.45, 2.75) is 0 Å². The standard InChI is InChI=1S/C17H8Cl2I2N4O4S/c18-10-5-11(19)13(25(28)29)2-7(10)3-14-16(27)23-17(30-14)24-22-6-8-1-9(20)4-12(21)15(8)26/h1-6,26H,(H,23,24,27)/b14-3?,22-6+. The van der Waals surface area contributed by atoms with E-state index in [-0.39, 0.29) is 37.1 Å². The maximum atomic E-state index is 12.2. The van der Waals surface area contributed by atoms with E-state index < -0.39 is 10.8 Å². The van der Waals surface area contributed by atoms with Gasteiger partial charge >= 0.3 is 0 Å². The van der Waals surface area contributed by atoms with Crippen LogP contribution in [0.25, 0.3) is 6.08 Å². The lowest BCUT2D eigenvalue weighted by Crippen LogP contribution is -2.19. The van der Waals surface area contributed by atoms with Crippen molar-refractivity contribution >= 4 is 109 Å². The number of halogens is 4. The van der Waals surface area contributed by atoms with Crippen molar-refractivity contribution < 1.29 is 14.8 Å². The molecule has 0 atom stereocenters. The average molecular weight is 689 g/mol. The van der Waals surface area contributed by atoms with E-state index in [4.69, 9.17) is 23.2 Å². The molecule has 0 saturated carbocycles. The van der Waals surface area contributed by atoms with Crippen LogP contribution in [0, 0.1) is 17.3 Å². The molecule has 8 nitrogen and oxygen atoms in total. The largest absolute Gasteiger partial charge is 0.506 e. The summed E-state index contributed by atoms with van der Waals surface area (Å²) in [6.45, 7) is 0. The van der Waals surface area contributed by atoms with Gasteiger partial charge in [-0.05, 0) is 81.2 Å². The second-order valence-corrected chi connectivity index (χ2v) is 9.88. The quantitative estimate of drug-likeness (QED) is 0.147. The van der Waals surface area contributed by atoms with Crippen molar-refractivity contribution in [1.82, 2.24) is 5.32 Å². The number of amidine groups is 1. The fourth-order valence-electron chi connectivity index (χ4n) is 2.25. The molecular weight excluding hydrogens is 681 g/mol. The maximum Gasteiger partial charge on any atom is 0.288 e. The summed E-state index contributed by atoms with van der Waals surface area (Å²) in [6.07, 6.45) is 2.78. The first-order chi connectivity index (χ1) is 14.2. The zero-order chi connectivity index (χ0) is 22.0. The van der Waals surface area contributed by atoms with Gasteiger partial charge in [-0.1, -0.05) is 23.2 Å². The molecule has 2 N–H and O–H groups in total. The molecule has 13 heteroatoms. The highest BCUT2D eigenvalue weighted by molar-refractivity contribution is 14.1. The number of nitro groups is 1. The first-order valence-corrected chi connectivity index (χ1v) is 11.5. The van der Waals surface area contributed by atoms with Crippen molar-refractivity contribution in [3.8, 4) is 5.75 Å². The third-order valence-electron chi connectivity index (χ3n) is 3.60. The van der Waals surface area contributed by atoms with E-state index in [9.17, 15) is 20.0 Å². The first kappa shape index (κ1) is 23.2. The maximum absolute atomic E-state index is 12.2. The smallest absolute Gasteiger partial charge is 0.288 e. The fourth-order valence-corrected chi connectivity index (χ4v) is 5.41. The van der Waals surface area contributed by atoms with Gasteiger partial charge in [-0.3, -0.25) is 20.2 Å². The molecule has 0 aromatic heterocycles. The van der Waals surface area contributed by atoms with E-state index in [0.717, 1.165) is 15.3 Å². The predicted octanol–water partition coefficient (Wildman–Crippen LogP) is 5.41. The number of carbonyl (C=O) groups excluding carboxylic acids is 1. The van der Waals surface area contributed by atoms with E-state index in [1.165, 1.54) is 24.4 Å². The first-order valence-electron chi connectivity index (χ1n) is 7.79. The van der Waals surface area contributed by atoms with Crippen LogP contribution < -0.4 is 5.32 Å². The summed E-state index contributed by atoms with van der Waals surface area (Å²) in [7, 11) is 0. The Hall–Kier alpha value is -1.42. The Bertz CT molecular complexity index is 1170. The third-order valence-corrected chi connectivity index (χ3v) is 6.58. The molecule has 30 heavy (non-hydrogen) atoms. The summed E-state index contributed by atoms with van der Waals surface area (Å²) in [5.41, 5.74) is 0.441. The minimum absolute atomic E-state index is 0.0858. The number of carbonyl (C=O) groups is 1. The summed E-state index contributed by atoms with van der Waals surface area (Å²) >= 11 is 17.0. The molecule has 3 rings (SSSR count). The number of phenolic OH excluding ortho intramolecular Hbond substituents is 1. The Kier molecular flexibility index (Phi) is 7.60. The zero-order valence-electron chi connectivity index (χ0n) is 14.4. The molecule has 0 bridgehead atoms. The molecule has 1 aliphatic heterocycles. The topological polar surface area (TPSA) is 117 Å². The summed E-state index contributed by atoms with van der Waals surface area (Å²) in [5, 5.41) is 31.8. The van der Waals surface area contributed by atoms with Crippen molar-refractivity contribution in [3.63, 3.8) is 0 Å². The van der Waals surface area contributed by atoms with E-state index in [1.54, 1.807) is 6.07 Å². The minimum atomic E-state index is -0.633. The molecule has 2 aromatic carbocycles. The van der Waals surface area contributed by atoms with Crippen LogP contribution in [0.1, 0.15) is 11.1 Å². The van der Waals surface area contributed by atoms with Crippen molar-refractivity contribution in [2.75, 3.05) is 0 Å². The predicted molar refractivity (Wildman–Crippen MR) is 135 cm³/mol. The van der Waals surface area contributed by atoms with Gasteiger partial charge in [-0.15, -0.1) is 5.10 Å². The number of aromatic hydroxyl groups is 1. The normalized spacial score (nSPS) is 16.6. The highest BCUT2D eigenvalue weighted by Gasteiger charge is 2.25. The summed E-state index contributed by atoms with van der Waals surface area (Å²) in [5.74, 6) is -0.364. The number of nitrogens with one attached hydrogen (secondary N) is 1. The molecule has 0 spiro atoms. The number of phenols is 1. The Labute approximate surface area is 211 Å². The molecule has 1 amide bonds. The SMILES string of the molecule is O=C1N/C(=N/N=C/c2cc(I)cc(I)c2O)SC1=Cc1cc([N+](=O)[O-])c(Cl)cc1Cl. The molecule has 154 valence electrons. The van der Waals surface area contributed by atoms with Gasteiger partial charge in [-0.2, -0.15) is 5.10 Å². The molecule has 1 aliphatic rings. The van der Waals surface area contributed by atoms with Crippen molar-refractivity contribution in [3.05, 3.63) is 67.6 Å². The number of thioether (sulfide) groups is 1. The van der Waals surface area contributed by atoms with E-state index in [2.05, 4.69) is 38.1 Å². The van der Waals surface area contributed by atoms with Gasteiger partial charge in [0.2, 0.25) is 0 Å². The summed E-state index contributed by atoms with van der Waals surface area (Å²) in [4.78, 5) is 22.8. The molecular formula is C17H8Cl2I2N4O4S. The van der Waals surface area contributed by atoms with Gasteiger partial charge in [-0.25, -0.2) is 0 Å². The highest BCUT2D eigenvalue weighted by atomic mass is 127. The van der Waals surface area contributed by atoms with Gasteiger partial charge in [0.25, 0.3) is 11.6 Å². The molecule has 0 unspecified atom stereocenters. The number of hydrogen-bond donors (Lipinski definition) is 2. The van der Waals surface area contributed by atoms with Gasteiger partial charge in [0.15, 0.2) is 5.17 Å². The fraction of sp³-hybridized carbons (Fsp3) is 0. The molecule has 0 radical (unpaired) electrons. The van der Waals surface area contributed by atoms with Gasteiger partial charge < -0.3 is 5.11 Å². The summed E-state index contributed by atoms with van der Waals surface area (Å²) in [6, 6.07) is 6.00. The Balaban J connectivity index is 1.83. The Morgan fingerprint density at radius 2 is 1.90 bits per heavy atom. The van der Waals surface area contributed by atoms with E-state index >= 15 is 0 Å². The Morgan fingerprint density at radius 3 is 2.60 bits per heavy atom. The zero-order valence-corrected chi connectivity index (χ0v) is 21.0. The van der Waals surface area contributed by atoms with Crippen LogP contribution >= 0.6 is 80.1 Å². The molecule has 2 aromatic rings.